The molecule has 0 aromatic rings. The second kappa shape index (κ2) is 41.6. The van der Waals surface area contributed by atoms with E-state index >= 15 is 0 Å². The molecule has 0 aliphatic rings. The van der Waals surface area contributed by atoms with Gasteiger partial charge in [-0.3, -0.25) is 14.1 Å². The Labute approximate surface area is 347 Å². The molecule has 0 amide bonds. The van der Waals surface area contributed by atoms with Crippen molar-refractivity contribution >= 4 is 19.8 Å². The van der Waals surface area contributed by atoms with Crippen LogP contribution < -0.4 is 0 Å². The highest BCUT2D eigenvalue weighted by Crippen LogP contribution is 2.36. The van der Waals surface area contributed by atoms with Gasteiger partial charge in [0, 0.05) is 12.8 Å². The summed E-state index contributed by atoms with van der Waals surface area (Å²) in [6.45, 7) is 3.31. The average molecular weight is 821 g/mol. The SMILES string of the molecule is CCCCCCCC/C=C\CCCCCCCCCCCCCC(=O)OC[C@H](COP(=O)(O)O)OC(=O)CCC/C=C\C/C=C\C/C=C\C/C=C\C=C\[C@H](O)CC. The third-order valence-electron chi connectivity index (χ3n) is 9.37. The number of carbonyl (C=O) groups excluding carboxylic acids is 2. The maximum atomic E-state index is 12.4. The molecule has 9 nitrogen and oxygen atoms in total. The highest BCUT2D eigenvalue weighted by Gasteiger charge is 2.22. The highest BCUT2D eigenvalue weighted by molar-refractivity contribution is 7.46. The van der Waals surface area contributed by atoms with Crippen molar-refractivity contribution in [2.45, 2.75) is 199 Å². The van der Waals surface area contributed by atoms with Crippen LogP contribution in [0.3, 0.4) is 0 Å². The van der Waals surface area contributed by atoms with Crippen LogP contribution in [-0.2, 0) is 28.2 Å². The molecule has 3 N–H and O–H groups in total. The first kappa shape index (κ1) is 54.5. The van der Waals surface area contributed by atoms with Crippen molar-refractivity contribution in [2.75, 3.05) is 13.2 Å². The first-order valence-corrected chi connectivity index (χ1v) is 23.9. The summed E-state index contributed by atoms with van der Waals surface area (Å²) >= 11 is 0. The predicted molar refractivity (Wildman–Crippen MR) is 236 cm³/mol. The molecule has 2 atom stereocenters. The normalized spacial score (nSPS) is 13.7. The van der Waals surface area contributed by atoms with Crippen molar-refractivity contribution in [3.05, 3.63) is 72.9 Å². The fraction of sp³-hybridized carbons (Fsp3) is 0.702. The number of phosphoric ester groups is 1. The zero-order valence-corrected chi connectivity index (χ0v) is 36.7. The molecule has 10 heteroatoms. The second-order valence-corrected chi connectivity index (χ2v) is 16.1. The molecular formula is C47H81O9P. The summed E-state index contributed by atoms with van der Waals surface area (Å²) in [6, 6.07) is 0. The van der Waals surface area contributed by atoms with Gasteiger partial charge in [-0.2, -0.15) is 0 Å². The highest BCUT2D eigenvalue weighted by atomic mass is 31.2. The molecule has 0 saturated carbocycles. The van der Waals surface area contributed by atoms with E-state index in [1.807, 2.05) is 37.3 Å². The van der Waals surface area contributed by atoms with E-state index in [-0.39, 0.29) is 25.6 Å². The van der Waals surface area contributed by atoms with E-state index in [9.17, 15) is 19.3 Å². The fourth-order valence-corrected chi connectivity index (χ4v) is 6.25. The molecule has 0 bridgehead atoms. The number of unbranched alkanes of at least 4 members (excludes halogenated alkanes) is 18. The Balaban J connectivity index is 3.98. The summed E-state index contributed by atoms with van der Waals surface area (Å²) in [7, 11) is -4.78. The molecule has 0 aliphatic heterocycles. The van der Waals surface area contributed by atoms with Gasteiger partial charge in [0.05, 0.1) is 12.7 Å². The summed E-state index contributed by atoms with van der Waals surface area (Å²) in [4.78, 5) is 42.9. The summed E-state index contributed by atoms with van der Waals surface area (Å²) < 4.78 is 26.4. The number of hydrogen-bond donors (Lipinski definition) is 3. The summed E-state index contributed by atoms with van der Waals surface area (Å²) in [5, 5.41) is 9.46. The number of aliphatic hydroxyl groups is 1. The molecule has 0 radical (unpaired) electrons. The van der Waals surface area contributed by atoms with E-state index < -0.39 is 32.5 Å². The number of ether oxygens (including phenoxy) is 2. The number of phosphoric acid groups is 1. The molecule has 57 heavy (non-hydrogen) atoms. The van der Waals surface area contributed by atoms with Gasteiger partial charge >= 0.3 is 19.8 Å². The van der Waals surface area contributed by atoms with Gasteiger partial charge in [-0.25, -0.2) is 4.57 Å². The van der Waals surface area contributed by atoms with E-state index in [0.29, 0.717) is 25.7 Å². The lowest BCUT2D eigenvalue weighted by molar-refractivity contribution is -0.161. The zero-order valence-electron chi connectivity index (χ0n) is 35.8. The molecule has 0 spiro atoms. The Morgan fingerprint density at radius 2 is 1.00 bits per heavy atom. The Kier molecular flexibility index (Phi) is 39.7. The maximum Gasteiger partial charge on any atom is 0.469 e. The van der Waals surface area contributed by atoms with Gasteiger partial charge in [-0.15, -0.1) is 0 Å². The molecule has 0 unspecified atom stereocenters. The molecule has 0 fully saturated rings. The lowest BCUT2D eigenvalue weighted by atomic mass is 10.0. The Bertz CT molecular complexity index is 1170. The van der Waals surface area contributed by atoms with Crippen LogP contribution in [0.1, 0.15) is 187 Å². The Morgan fingerprint density at radius 3 is 1.54 bits per heavy atom. The number of carbonyl (C=O) groups is 2. The van der Waals surface area contributed by atoms with E-state index in [1.165, 1.54) is 96.3 Å². The van der Waals surface area contributed by atoms with Crippen LogP contribution in [0.4, 0.5) is 0 Å². The topological polar surface area (TPSA) is 140 Å². The minimum atomic E-state index is -4.78. The van der Waals surface area contributed by atoms with Crippen molar-refractivity contribution in [1.82, 2.24) is 0 Å². The number of hydrogen-bond acceptors (Lipinski definition) is 7. The van der Waals surface area contributed by atoms with E-state index in [0.717, 1.165) is 38.5 Å². The smallest absolute Gasteiger partial charge is 0.462 e. The summed E-state index contributed by atoms with van der Waals surface area (Å²) in [5.74, 6) is -0.974. The van der Waals surface area contributed by atoms with Gasteiger partial charge < -0.3 is 24.4 Å². The third kappa shape index (κ3) is 44.4. The van der Waals surface area contributed by atoms with Crippen molar-refractivity contribution in [3.8, 4) is 0 Å². The van der Waals surface area contributed by atoms with Crippen LogP contribution in [0.2, 0.25) is 0 Å². The van der Waals surface area contributed by atoms with Gasteiger partial charge in [0.15, 0.2) is 6.10 Å². The third-order valence-corrected chi connectivity index (χ3v) is 9.85. The maximum absolute atomic E-state index is 12.4. The number of aliphatic hydroxyl groups excluding tert-OH is 1. The molecule has 0 heterocycles. The van der Waals surface area contributed by atoms with E-state index in [2.05, 4.69) is 47.9 Å². The van der Waals surface area contributed by atoms with Crippen LogP contribution in [0.25, 0.3) is 0 Å². The number of esters is 2. The molecule has 0 rings (SSSR count). The standard InChI is InChI=1S/C47H81O9P/c1-3-5-6-7-8-9-10-11-12-13-14-15-16-17-18-22-25-28-31-34-37-40-46(49)54-42-45(43-55-57(51,52)53)56-47(50)41-38-35-32-29-26-23-20-19-21-24-27-30-33-36-39-44(48)4-2/h11-12,20-21,23-24,29-30,32-33,36,39,44-45,48H,3-10,13-19,22,25-28,31,34-35,37-38,40-43H2,1-2H3,(H2,51,52,53)/b12-11-,23-20-,24-21-,32-29-,33-30-,39-36+/t44-,45-/m1/s1. The van der Waals surface area contributed by atoms with E-state index in [1.54, 1.807) is 6.08 Å². The molecule has 0 aromatic heterocycles. The number of rotatable bonds is 40. The van der Waals surface area contributed by atoms with Gasteiger partial charge in [0.1, 0.15) is 6.61 Å². The quantitative estimate of drug-likeness (QED) is 0.0181. The average Bonchev–Trinajstić information content (AvgIpc) is 3.18. The molecule has 0 aliphatic carbocycles. The predicted octanol–water partition coefficient (Wildman–Crippen LogP) is 12.8. The molecule has 0 aromatic carbocycles. The van der Waals surface area contributed by atoms with Crippen LogP contribution in [0.15, 0.2) is 72.9 Å². The molecular weight excluding hydrogens is 739 g/mol. The minimum Gasteiger partial charge on any atom is -0.462 e. The lowest BCUT2D eigenvalue weighted by Gasteiger charge is -2.18. The first-order chi connectivity index (χ1) is 27.7. The largest absolute Gasteiger partial charge is 0.469 e. The Hall–Kier alpha value is -2.55. The summed E-state index contributed by atoms with van der Waals surface area (Å²) in [5.41, 5.74) is 0. The fourth-order valence-electron chi connectivity index (χ4n) is 5.88. The van der Waals surface area contributed by atoms with Crippen molar-refractivity contribution in [3.63, 3.8) is 0 Å². The van der Waals surface area contributed by atoms with Crippen molar-refractivity contribution < 1.29 is 43.0 Å². The number of allylic oxidation sites excluding steroid dienone is 11. The van der Waals surface area contributed by atoms with Gasteiger partial charge in [-0.05, 0) is 70.6 Å². The van der Waals surface area contributed by atoms with Crippen LogP contribution in [0, 0.1) is 0 Å². The zero-order chi connectivity index (χ0) is 41.9. The van der Waals surface area contributed by atoms with Crippen LogP contribution in [-0.4, -0.2) is 52.3 Å². The van der Waals surface area contributed by atoms with Crippen LogP contribution in [0.5, 0.6) is 0 Å². The lowest BCUT2D eigenvalue weighted by Crippen LogP contribution is -2.29. The van der Waals surface area contributed by atoms with Gasteiger partial charge in [0.25, 0.3) is 0 Å². The minimum absolute atomic E-state index is 0.117. The summed E-state index contributed by atoms with van der Waals surface area (Å²) in [6.07, 6.45) is 51.5. The first-order valence-electron chi connectivity index (χ1n) is 22.3. The van der Waals surface area contributed by atoms with E-state index in [4.69, 9.17) is 19.3 Å². The van der Waals surface area contributed by atoms with Crippen molar-refractivity contribution in [2.24, 2.45) is 0 Å². The molecule has 0 saturated heterocycles. The molecule has 328 valence electrons. The monoisotopic (exact) mass is 821 g/mol. The second-order valence-electron chi connectivity index (χ2n) is 14.8. The van der Waals surface area contributed by atoms with Crippen molar-refractivity contribution in [1.29, 1.82) is 0 Å². The Morgan fingerprint density at radius 1 is 0.544 bits per heavy atom. The van der Waals surface area contributed by atoms with Gasteiger partial charge in [0.2, 0.25) is 0 Å². The van der Waals surface area contributed by atoms with Crippen LogP contribution >= 0.6 is 7.82 Å². The van der Waals surface area contributed by atoms with Gasteiger partial charge in [-0.1, -0.05) is 177 Å².